The zero-order valence-corrected chi connectivity index (χ0v) is 20.7. The van der Waals surface area contributed by atoms with Crippen LogP contribution < -0.4 is 19.4 Å². The standard InChI is InChI=1S/C22H34O8P2/c1-18(2)8-5-6-9-19(3)12-13-20(4)14-15-28-22-11-7-10-21(16-22)17-29-32(26,27)30-31(23,24)25/h7-11,14,16H,5-6,12-13,15,17H2,1-4H3,(H,26,27)(H2,23,24,25)/p-3/b19-9+,20-14+. The first-order valence-electron chi connectivity index (χ1n) is 10.2. The van der Waals surface area contributed by atoms with Crippen molar-refractivity contribution in [2.45, 2.75) is 60.0 Å². The van der Waals surface area contributed by atoms with Gasteiger partial charge in [-0.2, -0.15) is 0 Å². The maximum absolute atomic E-state index is 11.3. The molecule has 0 aliphatic carbocycles. The van der Waals surface area contributed by atoms with Gasteiger partial charge in [-0.3, -0.25) is 8.88 Å². The van der Waals surface area contributed by atoms with Gasteiger partial charge in [-0.15, -0.1) is 0 Å². The fourth-order valence-corrected chi connectivity index (χ4v) is 4.08. The maximum atomic E-state index is 11.3. The number of unbranched alkanes of at least 4 members (excludes halogenated alkanes) is 1. The summed E-state index contributed by atoms with van der Waals surface area (Å²) in [6.07, 6.45) is 10.5. The quantitative estimate of drug-likeness (QED) is 0.216. The minimum Gasteiger partial charge on any atom is -0.790 e. The van der Waals surface area contributed by atoms with Crippen molar-refractivity contribution < 1.29 is 37.4 Å². The first-order valence-corrected chi connectivity index (χ1v) is 13.1. The Morgan fingerprint density at radius 2 is 1.56 bits per heavy atom. The molecule has 1 rings (SSSR count). The third kappa shape index (κ3) is 14.5. The van der Waals surface area contributed by atoms with E-state index in [0.717, 1.165) is 25.7 Å². The average molecular weight is 485 g/mol. The molecular formula is C22H31O8P2-3. The second-order valence-corrected chi connectivity index (χ2v) is 10.4. The lowest BCUT2D eigenvalue weighted by molar-refractivity contribution is -0.339. The Bertz CT molecular complexity index is 910. The van der Waals surface area contributed by atoms with E-state index in [4.69, 9.17) is 4.74 Å². The van der Waals surface area contributed by atoms with Crippen molar-refractivity contribution in [3.05, 3.63) is 64.8 Å². The Morgan fingerprint density at radius 1 is 0.938 bits per heavy atom. The molecule has 0 bridgehead atoms. The molecule has 0 aliphatic rings. The highest BCUT2D eigenvalue weighted by Crippen LogP contribution is 2.50. The summed E-state index contributed by atoms with van der Waals surface area (Å²) >= 11 is 0. The van der Waals surface area contributed by atoms with Gasteiger partial charge in [0.15, 0.2) is 0 Å². The van der Waals surface area contributed by atoms with E-state index in [0.29, 0.717) is 17.9 Å². The molecule has 1 aromatic carbocycles. The minimum absolute atomic E-state index is 0.345. The van der Waals surface area contributed by atoms with Crippen molar-refractivity contribution in [2.75, 3.05) is 6.61 Å². The van der Waals surface area contributed by atoms with E-state index in [1.165, 1.54) is 16.7 Å². The average Bonchev–Trinajstić information content (AvgIpc) is 2.67. The third-order valence-electron chi connectivity index (χ3n) is 4.30. The van der Waals surface area contributed by atoms with Crippen LogP contribution in [0.25, 0.3) is 0 Å². The normalized spacial score (nSPS) is 14.7. The molecule has 0 aromatic heterocycles. The van der Waals surface area contributed by atoms with Crippen LogP contribution >= 0.6 is 15.6 Å². The number of ether oxygens (including phenoxy) is 1. The molecule has 0 N–H and O–H groups in total. The number of phosphoric ester groups is 1. The van der Waals surface area contributed by atoms with Crippen molar-refractivity contribution in [3.63, 3.8) is 0 Å². The van der Waals surface area contributed by atoms with E-state index < -0.39 is 22.3 Å². The second-order valence-electron chi connectivity index (χ2n) is 7.67. The molecule has 32 heavy (non-hydrogen) atoms. The lowest BCUT2D eigenvalue weighted by Crippen LogP contribution is -2.19. The molecule has 0 radical (unpaired) electrons. The molecule has 1 unspecified atom stereocenters. The van der Waals surface area contributed by atoms with Crippen molar-refractivity contribution in [2.24, 2.45) is 0 Å². The molecule has 180 valence electrons. The molecule has 0 fully saturated rings. The van der Waals surface area contributed by atoms with Crippen molar-refractivity contribution >= 4 is 15.6 Å². The molecule has 0 aliphatic heterocycles. The van der Waals surface area contributed by atoms with Gasteiger partial charge in [-0.05, 0) is 77.2 Å². The first kappa shape index (κ1) is 28.5. The van der Waals surface area contributed by atoms with Crippen LogP contribution in [-0.4, -0.2) is 6.61 Å². The van der Waals surface area contributed by atoms with Crippen LogP contribution in [0.4, 0.5) is 0 Å². The smallest absolute Gasteiger partial charge is 0.272 e. The minimum atomic E-state index is -5.70. The van der Waals surface area contributed by atoms with Gasteiger partial charge in [-0.25, -0.2) is 0 Å². The molecule has 8 nitrogen and oxygen atoms in total. The summed E-state index contributed by atoms with van der Waals surface area (Å²) in [5.74, 6) is 0.491. The van der Waals surface area contributed by atoms with Gasteiger partial charge < -0.3 is 28.5 Å². The fraction of sp³-hybridized carbons (Fsp3) is 0.455. The third-order valence-corrected chi connectivity index (χ3v) is 6.34. The Hall–Kier alpha value is -1.50. The highest BCUT2D eigenvalue weighted by molar-refractivity contribution is 7.58. The van der Waals surface area contributed by atoms with Gasteiger partial charge in [-0.1, -0.05) is 41.0 Å². The summed E-state index contributed by atoms with van der Waals surface area (Å²) in [6, 6.07) is 6.45. The summed E-state index contributed by atoms with van der Waals surface area (Å²) in [5, 5.41) is 0. The largest absolute Gasteiger partial charge is 0.790 e. The highest BCUT2D eigenvalue weighted by atomic mass is 31.3. The summed E-state index contributed by atoms with van der Waals surface area (Å²) < 4.78 is 35.2. The zero-order chi connectivity index (χ0) is 24.2. The van der Waals surface area contributed by atoms with Crippen LogP contribution in [0, 0.1) is 0 Å². The van der Waals surface area contributed by atoms with Crippen LogP contribution in [0.1, 0.15) is 58.9 Å². The number of phosphoric acid groups is 2. The zero-order valence-electron chi connectivity index (χ0n) is 18.9. The monoisotopic (exact) mass is 485 g/mol. The van der Waals surface area contributed by atoms with E-state index in [9.17, 15) is 23.8 Å². The predicted molar refractivity (Wildman–Crippen MR) is 118 cm³/mol. The van der Waals surface area contributed by atoms with Crippen molar-refractivity contribution in [3.8, 4) is 5.75 Å². The molecular weight excluding hydrogens is 454 g/mol. The predicted octanol–water partition coefficient (Wildman–Crippen LogP) is 4.31. The topological polar surface area (TPSA) is 131 Å². The number of allylic oxidation sites excluding steroid dienone is 5. The summed E-state index contributed by atoms with van der Waals surface area (Å²) in [6.45, 7) is 8.23. The fourth-order valence-electron chi connectivity index (χ4n) is 2.61. The molecule has 0 heterocycles. The molecule has 0 saturated carbocycles. The van der Waals surface area contributed by atoms with Gasteiger partial charge >= 0.3 is 0 Å². The van der Waals surface area contributed by atoms with Gasteiger partial charge in [0.2, 0.25) is 0 Å². The maximum Gasteiger partial charge on any atom is 0.272 e. The van der Waals surface area contributed by atoms with Crippen molar-refractivity contribution in [1.82, 2.24) is 0 Å². The lowest BCUT2D eigenvalue weighted by atomic mass is 10.1. The Kier molecular flexibility index (Phi) is 12.4. The summed E-state index contributed by atoms with van der Waals surface area (Å²) in [7, 11) is -11.0. The van der Waals surface area contributed by atoms with Crippen molar-refractivity contribution in [1.29, 1.82) is 0 Å². The van der Waals surface area contributed by atoms with Gasteiger partial charge in [0.25, 0.3) is 7.82 Å². The molecule has 10 heteroatoms. The van der Waals surface area contributed by atoms with Crippen LogP contribution in [0.3, 0.4) is 0 Å². The Morgan fingerprint density at radius 3 is 2.19 bits per heavy atom. The molecule has 0 amide bonds. The number of hydrogen-bond acceptors (Lipinski definition) is 8. The van der Waals surface area contributed by atoms with Gasteiger partial charge in [0.05, 0.1) is 14.4 Å². The van der Waals surface area contributed by atoms with Gasteiger partial charge in [0, 0.05) is 0 Å². The summed E-state index contributed by atoms with van der Waals surface area (Å²) in [5.41, 5.74) is 4.30. The van der Waals surface area contributed by atoms with Crippen LogP contribution in [-0.2, 0) is 24.6 Å². The Labute approximate surface area is 190 Å². The SMILES string of the molecule is CC(C)=CCC/C=C(\C)CC/C(C)=C/COc1cccc(COP(=O)([O-])OP(=O)([O-])[O-])c1. The number of hydrogen-bond donors (Lipinski definition) is 0. The van der Waals surface area contributed by atoms with Crippen LogP contribution in [0.2, 0.25) is 0 Å². The van der Waals surface area contributed by atoms with Gasteiger partial charge in [0.1, 0.15) is 12.4 Å². The summed E-state index contributed by atoms with van der Waals surface area (Å²) in [4.78, 5) is 32.2. The van der Waals surface area contributed by atoms with E-state index in [-0.39, 0.29) is 0 Å². The van der Waals surface area contributed by atoms with E-state index in [1.54, 1.807) is 24.3 Å². The molecule has 1 aromatic rings. The highest BCUT2D eigenvalue weighted by Gasteiger charge is 2.12. The second kappa shape index (κ2) is 13.9. The first-order chi connectivity index (χ1) is 14.9. The molecule has 1 atom stereocenters. The van der Waals surface area contributed by atoms with Crippen LogP contribution in [0.15, 0.2) is 59.2 Å². The van der Waals surface area contributed by atoms with E-state index >= 15 is 0 Å². The lowest BCUT2D eigenvalue weighted by Gasteiger charge is -2.35. The molecule has 0 saturated heterocycles. The Balaban J connectivity index is 2.46. The van der Waals surface area contributed by atoms with Crippen LogP contribution in [0.5, 0.6) is 5.75 Å². The van der Waals surface area contributed by atoms with E-state index in [1.807, 2.05) is 13.0 Å². The number of rotatable bonds is 14. The van der Waals surface area contributed by atoms with E-state index in [2.05, 4.69) is 41.8 Å². The number of benzene rings is 1. The molecule has 0 spiro atoms.